The summed E-state index contributed by atoms with van der Waals surface area (Å²) in [7, 11) is 0. The van der Waals surface area contributed by atoms with Crippen molar-refractivity contribution in [2.45, 2.75) is 0 Å². The Balaban J connectivity index is 1.65. The normalized spacial score (nSPS) is 14.2. The largest absolute Gasteiger partial charge is 0.362 e. The van der Waals surface area contributed by atoms with Gasteiger partial charge in [-0.2, -0.15) is 0 Å². The van der Waals surface area contributed by atoms with E-state index in [4.69, 9.17) is 11.6 Å². The smallest absolute Gasteiger partial charge is 0.256 e. The van der Waals surface area contributed by atoms with Crippen molar-refractivity contribution in [3.8, 4) is 0 Å². The summed E-state index contributed by atoms with van der Waals surface area (Å²) in [6, 6.07) is 15.8. The van der Waals surface area contributed by atoms with Crippen LogP contribution in [0.15, 0.2) is 60.8 Å². The van der Waals surface area contributed by atoms with Crippen LogP contribution in [0.25, 0.3) is 11.6 Å². The molecule has 2 amide bonds. The lowest BCUT2D eigenvalue weighted by Gasteiger charge is -2.07. The zero-order chi connectivity index (χ0) is 18.1. The molecule has 0 fully saturated rings. The van der Waals surface area contributed by atoms with Gasteiger partial charge >= 0.3 is 0 Å². The van der Waals surface area contributed by atoms with Crippen molar-refractivity contribution >= 4 is 46.4 Å². The van der Waals surface area contributed by atoms with Gasteiger partial charge in [0.2, 0.25) is 0 Å². The molecule has 0 saturated heterocycles. The number of H-pyrrole nitrogens is 1. The number of anilines is 2. The molecule has 2 heterocycles. The minimum Gasteiger partial charge on any atom is -0.362 e. The van der Waals surface area contributed by atoms with Crippen LogP contribution in [0.3, 0.4) is 0 Å². The molecule has 26 heavy (non-hydrogen) atoms. The Morgan fingerprint density at radius 2 is 1.96 bits per heavy atom. The molecule has 0 spiro atoms. The van der Waals surface area contributed by atoms with Gasteiger partial charge in [-0.3, -0.25) is 9.59 Å². The first-order valence-corrected chi connectivity index (χ1v) is 8.36. The van der Waals surface area contributed by atoms with Gasteiger partial charge in [0, 0.05) is 39.4 Å². The first kappa shape index (κ1) is 16.2. The summed E-state index contributed by atoms with van der Waals surface area (Å²) in [6.45, 7) is 0. The summed E-state index contributed by atoms with van der Waals surface area (Å²) in [6.07, 6.45) is 3.55. The second-order valence-electron chi connectivity index (χ2n) is 5.86. The summed E-state index contributed by atoms with van der Waals surface area (Å²) < 4.78 is 0. The van der Waals surface area contributed by atoms with Crippen LogP contribution in [0.4, 0.5) is 11.4 Å². The van der Waals surface area contributed by atoms with Crippen LogP contribution < -0.4 is 10.6 Å². The minimum absolute atomic E-state index is 0.193. The van der Waals surface area contributed by atoms with Crippen molar-refractivity contribution in [3.63, 3.8) is 0 Å². The van der Waals surface area contributed by atoms with Gasteiger partial charge < -0.3 is 15.6 Å². The van der Waals surface area contributed by atoms with Crippen LogP contribution in [-0.2, 0) is 4.79 Å². The van der Waals surface area contributed by atoms with Crippen LogP contribution in [-0.4, -0.2) is 16.8 Å². The van der Waals surface area contributed by atoms with Crippen LogP contribution in [0.1, 0.15) is 21.6 Å². The summed E-state index contributed by atoms with van der Waals surface area (Å²) in [5, 5.41) is 6.16. The van der Waals surface area contributed by atoms with E-state index in [0.29, 0.717) is 33.1 Å². The number of nitrogens with one attached hydrogen (secondary N) is 3. The Bertz CT molecular complexity index is 1040. The summed E-state index contributed by atoms with van der Waals surface area (Å²) in [4.78, 5) is 27.8. The molecule has 6 heteroatoms. The average molecular weight is 364 g/mol. The first-order valence-electron chi connectivity index (χ1n) is 7.98. The molecule has 0 atom stereocenters. The molecule has 3 aromatic rings. The number of aromatic amines is 1. The maximum atomic E-state index is 12.5. The number of hydrogen-bond donors (Lipinski definition) is 3. The third-order valence-electron chi connectivity index (χ3n) is 4.07. The molecule has 0 radical (unpaired) electrons. The number of carbonyl (C=O) groups excluding carboxylic acids is 2. The molecular weight excluding hydrogens is 350 g/mol. The van der Waals surface area contributed by atoms with E-state index in [0.717, 1.165) is 5.69 Å². The zero-order valence-electron chi connectivity index (χ0n) is 13.5. The van der Waals surface area contributed by atoms with E-state index in [1.165, 1.54) is 0 Å². The Hall–Kier alpha value is -3.31. The Morgan fingerprint density at radius 1 is 1.08 bits per heavy atom. The van der Waals surface area contributed by atoms with Gasteiger partial charge in [0.05, 0.1) is 5.57 Å². The monoisotopic (exact) mass is 363 g/mol. The summed E-state index contributed by atoms with van der Waals surface area (Å²) in [5.41, 5.74) is 3.78. The van der Waals surface area contributed by atoms with Crippen LogP contribution in [0.5, 0.6) is 0 Å². The number of halogens is 1. The highest BCUT2D eigenvalue weighted by atomic mass is 35.5. The highest BCUT2D eigenvalue weighted by molar-refractivity contribution is 6.35. The molecule has 0 saturated carbocycles. The average Bonchev–Trinajstić information content (AvgIpc) is 3.23. The molecule has 1 aromatic heterocycles. The van der Waals surface area contributed by atoms with Crippen LogP contribution in [0, 0.1) is 0 Å². The van der Waals surface area contributed by atoms with E-state index in [9.17, 15) is 9.59 Å². The van der Waals surface area contributed by atoms with Crippen LogP contribution in [0.2, 0.25) is 5.02 Å². The second-order valence-corrected chi connectivity index (χ2v) is 6.30. The van der Waals surface area contributed by atoms with Gasteiger partial charge in [-0.1, -0.05) is 17.7 Å². The number of benzene rings is 2. The zero-order valence-corrected chi connectivity index (χ0v) is 14.3. The lowest BCUT2D eigenvalue weighted by molar-refractivity contribution is -0.110. The lowest BCUT2D eigenvalue weighted by Crippen LogP contribution is -2.12. The molecule has 128 valence electrons. The number of amides is 2. The predicted molar refractivity (Wildman–Crippen MR) is 103 cm³/mol. The van der Waals surface area contributed by atoms with Gasteiger partial charge in [0.25, 0.3) is 11.8 Å². The molecule has 0 bridgehead atoms. The quantitative estimate of drug-likeness (QED) is 0.603. The van der Waals surface area contributed by atoms with Gasteiger partial charge in [-0.05, 0) is 54.6 Å². The fourth-order valence-corrected chi connectivity index (χ4v) is 3.02. The van der Waals surface area contributed by atoms with E-state index < -0.39 is 0 Å². The lowest BCUT2D eigenvalue weighted by atomic mass is 10.0. The number of aromatic nitrogens is 1. The maximum Gasteiger partial charge on any atom is 0.256 e. The first-order chi connectivity index (χ1) is 12.6. The molecule has 4 rings (SSSR count). The number of carbonyl (C=O) groups is 2. The number of fused-ring (bicyclic) bond motifs is 1. The van der Waals surface area contributed by atoms with E-state index >= 15 is 0 Å². The number of hydrogen-bond acceptors (Lipinski definition) is 2. The molecule has 3 N–H and O–H groups in total. The maximum absolute atomic E-state index is 12.5. The standard InChI is InChI=1S/C20H14ClN3O2/c21-13-3-1-4-15(10-13)23-19(25)12-6-7-18-16(9-12)17(20(26)24-18)11-14-5-2-8-22-14/h1-11,22H,(H,23,25)(H,24,26). The SMILES string of the molecule is O=C1Nc2ccc(C(=O)Nc3cccc(Cl)c3)cc2C1=Cc1ccc[nH]1. The Morgan fingerprint density at radius 3 is 2.73 bits per heavy atom. The summed E-state index contributed by atoms with van der Waals surface area (Å²) in [5.74, 6) is -0.462. The van der Waals surface area contributed by atoms with Crippen molar-refractivity contribution in [2.24, 2.45) is 0 Å². The molecule has 0 unspecified atom stereocenters. The highest BCUT2D eigenvalue weighted by Crippen LogP contribution is 2.33. The van der Waals surface area contributed by atoms with Crippen molar-refractivity contribution < 1.29 is 9.59 Å². The Kier molecular flexibility index (Phi) is 4.07. The van der Waals surface area contributed by atoms with Gasteiger partial charge in [0.1, 0.15) is 0 Å². The molecule has 1 aliphatic heterocycles. The summed E-state index contributed by atoms with van der Waals surface area (Å²) >= 11 is 5.95. The third kappa shape index (κ3) is 3.12. The van der Waals surface area contributed by atoms with Crippen molar-refractivity contribution in [1.82, 2.24) is 4.98 Å². The Labute approximate surface area is 154 Å². The minimum atomic E-state index is -0.270. The van der Waals surface area contributed by atoms with E-state index in [-0.39, 0.29) is 11.8 Å². The molecule has 5 nitrogen and oxygen atoms in total. The van der Waals surface area contributed by atoms with E-state index in [2.05, 4.69) is 15.6 Å². The van der Waals surface area contributed by atoms with Crippen LogP contribution >= 0.6 is 11.6 Å². The van der Waals surface area contributed by atoms with Crippen molar-refractivity contribution in [1.29, 1.82) is 0 Å². The third-order valence-corrected chi connectivity index (χ3v) is 4.30. The molecule has 0 aliphatic carbocycles. The van der Waals surface area contributed by atoms with Gasteiger partial charge in [-0.15, -0.1) is 0 Å². The predicted octanol–water partition coefficient (Wildman–Crippen LogP) is 4.41. The van der Waals surface area contributed by atoms with Crippen molar-refractivity contribution in [3.05, 3.63) is 82.6 Å². The fraction of sp³-hybridized carbons (Fsp3) is 0. The van der Waals surface area contributed by atoms with E-state index in [1.54, 1.807) is 54.7 Å². The van der Waals surface area contributed by atoms with E-state index in [1.807, 2.05) is 12.1 Å². The van der Waals surface area contributed by atoms with Gasteiger partial charge in [0.15, 0.2) is 0 Å². The highest BCUT2D eigenvalue weighted by Gasteiger charge is 2.25. The molecule has 1 aliphatic rings. The fourth-order valence-electron chi connectivity index (χ4n) is 2.83. The van der Waals surface area contributed by atoms with Gasteiger partial charge in [-0.25, -0.2) is 0 Å². The number of rotatable bonds is 3. The second kappa shape index (κ2) is 6.54. The molecular formula is C20H14ClN3O2. The topological polar surface area (TPSA) is 74.0 Å². The molecule has 2 aromatic carbocycles. The van der Waals surface area contributed by atoms with Crippen molar-refractivity contribution in [2.75, 3.05) is 10.6 Å².